The summed E-state index contributed by atoms with van der Waals surface area (Å²) < 4.78 is 3.14. The molecule has 23 heavy (non-hydrogen) atoms. The van der Waals surface area contributed by atoms with E-state index in [1.165, 1.54) is 21.2 Å². The molecule has 0 heterocycles. The minimum atomic E-state index is 0.219. The van der Waals surface area contributed by atoms with Crippen LogP contribution >= 0.6 is 0 Å². The van der Waals surface area contributed by atoms with Gasteiger partial charge in [0.25, 0.3) is 0 Å². The first-order valence-corrected chi connectivity index (χ1v) is 10.2. The Hall–Kier alpha value is -0.821. The number of hydrogen-bond donors (Lipinski definition) is 0. The summed E-state index contributed by atoms with van der Waals surface area (Å²) >= 11 is 0.406. The van der Waals surface area contributed by atoms with Gasteiger partial charge in [0.1, 0.15) is 0 Å². The van der Waals surface area contributed by atoms with Gasteiger partial charge in [0.15, 0.2) is 0 Å². The molecule has 0 amide bonds. The van der Waals surface area contributed by atoms with Crippen molar-refractivity contribution in [3.05, 3.63) is 51.5 Å². The molecule has 126 valence electrons. The molecule has 1 nitrogen and oxygen atoms in total. The Morgan fingerprint density at radius 3 is 2.30 bits per heavy atom. The minimum absolute atomic E-state index is 0.219. The van der Waals surface area contributed by atoms with Crippen molar-refractivity contribution in [2.24, 2.45) is 5.92 Å². The van der Waals surface area contributed by atoms with Gasteiger partial charge in [-0.1, -0.05) is 0 Å². The molecule has 1 aromatic carbocycles. The van der Waals surface area contributed by atoms with Gasteiger partial charge < -0.3 is 0 Å². The van der Waals surface area contributed by atoms with Crippen LogP contribution in [-0.2, 0) is 5.41 Å². The zero-order valence-electron chi connectivity index (χ0n) is 15.9. The van der Waals surface area contributed by atoms with Crippen molar-refractivity contribution >= 4 is 19.4 Å². The van der Waals surface area contributed by atoms with Gasteiger partial charge in [-0.2, -0.15) is 0 Å². The Balaban J connectivity index is 2.26. The maximum absolute atomic E-state index is 2.44. The molecular formula is C21H31NSe. The van der Waals surface area contributed by atoms with E-state index in [1.807, 2.05) is 0 Å². The molecule has 0 saturated carbocycles. The van der Waals surface area contributed by atoms with E-state index in [0.29, 0.717) is 26.9 Å². The molecule has 2 heteroatoms. The summed E-state index contributed by atoms with van der Waals surface area (Å²) in [6.45, 7) is 13.8. The van der Waals surface area contributed by atoms with Crippen molar-refractivity contribution in [2.45, 2.75) is 53.0 Å². The van der Waals surface area contributed by atoms with Crippen molar-refractivity contribution in [2.75, 3.05) is 14.1 Å². The summed E-state index contributed by atoms with van der Waals surface area (Å²) in [5.74, 6) is 0.562. The Bertz CT molecular complexity index is 632. The molecule has 0 radical (unpaired) electrons. The second-order valence-corrected chi connectivity index (χ2v) is 10.3. The average molecular weight is 376 g/mol. The number of rotatable bonds is 4. The molecule has 0 N–H and O–H groups in total. The summed E-state index contributed by atoms with van der Waals surface area (Å²) in [5, 5.41) is 0. The summed E-state index contributed by atoms with van der Waals surface area (Å²) in [7, 11) is 4.35. The van der Waals surface area contributed by atoms with Crippen LogP contribution in [0.3, 0.4) is 0 Å². The van der Waals surface area contributed by atoms with E-state index in [9.17, 15) is 0 Å². The second-order valence-electron chi connectivity index (χ2n) is 7.97. The zero-order chi connectivity index (χ0) is 17.4. The quantitative estimate of drug-likeness (QED) is 0.720. The summed E-state index contributed by atoms with van der Waals surface area (Å²) in [4.78, 5) is 2.32. The molecule has 1 aliphatic carbocycles. The Morgan fingerprint density at radius 2 is 1.74 bits per heavy atom. The first-order chi connectivity index (χ1) is 10.6. The van der Waals surface area contributed by atoms with E-state index in [-0.39, 0.29) is 5.41 Å². The van der Waals surface area contributed by atoms with Crippen LogP contribution in [0.2, 0.25) is 0 Å². The molecule has 0 fully saturated rings. The average Bonchev–Trinajstić information content (AvgIpc) is 2.88. The predicted octanol–water partition coefficient (Wildman–Crippen LogP) is 3.95. The number of nitrogens with zero attached hydrogens (tertiary/aromatic N) is 1. The van der Waals surface area contributed by atoms with Crippen molar-refractivity contribution < 1.29 is 0 Å². The molecule has 2 unspecified atom stereocenters. The van der Waals surface area contributed by atoms with E-state index in [0.717, 1.165) is 0 Å². The maximum atomic E-state index is 2.44. The van der Waals surface area contributed by atoms with E-state index < -0.39 is 0 Å². The predicted molar refractivity (Wildman–Crippen MR) is 104 cm³/mol. The van der Waals surface area contributed by atoms with Crippen molar-refractivity contribution in [3.8, 4) is 0 Å². The molecule has 0 aliphatic heterocycles. The number of hydrogen-bond acceptors (Lipinski definition) is 1. The van der Waals surface area contributed by atoms with Gasteiger partial charge in [-0.3, -0.25) is 0 Å². The normalized spacial score (nSPS) is 19.3. The van der Waals surface area contributed by atoms with Gasteiger partial charge in [0.05, 0.1) is 0 Å². The first-order valence-electron chi connectivity index (χ1n) is 8.45. The Kier molecular flexibility index (Phi) is 5.61. The van der Waals surface area contributed by atoms with Gasteiger partial charge in [0.2, 0.25) is 0 Å². The van der Waals surface area contributed by atoms with E-state index >= 15 is 0 Å². The summed E-state index contributed by atoms with van der Waals surface area (Å²) in [5.41, 5.74) is 4.58. The molecule has 2 atom stereocenters. The Labute approximate surface area is 149 Å². The fraction of sp³-hybridized carbons (Fsp3) is 0.524. The van der Waals surface area contributed by atoms with Gasteiger partial charge in [-0.25, -0.2) is 0 Å². The molecular weight excluding hydrogens is 345 g/mol. The zero-order valence-corrected chi connectivity index (χ0v) is 17.6. The Morgan fingerprint density at radius 1 is 1.09 bits per heavy atom. The van der Waals surface area contributed by atoms with Gasteiger partial charge in [-0.05, 0) is 0 Å². The molecule has 0 bridgehead atoms. The van der Waals surface area contributed by atoms with Crippen LogP contribution in [0.15, 0.2) is 34.8 Å². The van der Waals surface area contributed by atoms with Crippen molar-refractivity contribution in [3.63, 3.8) is 0 Å². The van der Waals surface area contributed by atoms with Crippen LogP contribution in [0.5, 0.6) is 0 Å². The number of allylic oxidation sites excluding steroid dienone is 2. The number of aryl methyl sites for hydroxylation is 2. The summed E-state index contributed by atoms with van der Waals surface area (Å²) in [6, 6.07) is 5.41. The van der Waals surface area contributed by atoms with Crippen LogP contribution in [0.1, 0.15) is 44.4 Å². The van der Waals surface area contributed by atoms with Crippen molar-refractivity contribution in [1.82, 2.24) is 4.90 Å². The number of benzene rings is 1. The fourth-order valence-electron chi connectivity index (χ4n) is 3.13. The van der Waals surface area contributed by atoms with Gasteiger partial charge >= 0.3 is 149 Å². The van der Waals surface area contributed by atoms with E-state index in [4.69, 9.17) is 0 Å². The van der Waals surface area contributed by atoms with Gasteiger partial charge in [-0.15, -0.1) is 0 Å². The molecule has 0 aromatic heterocycles. The van der Waals surface area contributed by atoms with Crippen LogP contribution in [0.25, 0.3) is 0 Å². The fourth-order valence-corrected chi connectivity index (χ4v) is 5.79. The standard InChI is InChI=1S/C21H31NSe/c1-14-13-20(15(2)12-18(14)21(4,5)6)23-19-11-9-10-17(19)16(3)22(7)8/h9-13,16-17H,1-8H3. The van der Waals surface area contributed by atoms with Crippen molar-refractivity contribution in [1.29, 1.82) is 0 Å². The molecule has 0 saturated heterocycles. The SMILES string of the molecule is Cc1cc(C(C)(C)C)c(C)cc1[Se]C1=CC=CC1C(C)N(C)C. The molecule has 1 aromatic rings. The van der Waals surface area contributed by atoms with E-state index in [2.05, 4.69) is 90.9 Å². The van der Waals surface area contributed by atoms with Crippen LogP contribution in [0.4, 0.5) is 0 Å². The topological polar surface area (TPSA) is 3.24 Å². The molecule has 1 aliphatic rings. The monoisotopic (exact) mass is 377 g/mol. The third kappa shape index (κ3) is 4.18. The van der Waals surface area contributed by atoms with Crippen LogP contribution in [-0.4, -0.2) is 40.0 Å². The third-order valence-corrected chi connectivity index (χ3v) is 7.53. The van der Waals surface area contributed by atoms with Gasteiger partial charge in [0, 0.05) is 0 Å². The summed E-state index contributed by atoms with van der Waals surface area (Å²) in [6.07, 6.45) is 6.96. The van der Waals surface area contributed by atoms with Crippen LogP contribution in [0, 0.1) is 19.8 Å². The molecule has 0 spiro atoms. The second kappa shape index (κ2) is 6.97. The van der Waals surface area contributed by atoms with Crippen LogP contribution < -0.4 is 4.46 Å². The van der Waals surface area contributed by atoms with E-state index in [1.54, 1.807) is 4.47 Å². The third-order valence-electron chi connectivity index (χ3n) is 4.80. The first kappa shape index (κ1) is 18.5. The molecule has 2 rings (SSSR count).